The smallest absolute Gasteiger partial charge is 0.118 e. The molecule has 1 aromatic carbocycles. The third-order valence-corrected chi connectivity index (χ3v) is 2.90. The van der Waals surface area contributed by atoms with Crippen LogP contribution in [0, 0.1) is 5.92 Å². The van der Waals surface area contributed by atoms with Crippen molar-refractivity contribution in [2.24, 2.45) is 5.92 Å². The van der Waals surface area contributed by atoms with E-state index in [-0.39, 0.29) is 0 Å². The van der Waals surface area contributed by atoms with Crippen LogP contribution in [0.1, 0.15) is 19.4 Å². The maximum atomic E-state index is 5.29. The van der Waals surface area contributed by atoms with Gasteiger partial charge in [-0.3, -0.25) is 0 Å². The number of ether oxygens (including phenoxy) is 2. The summed E-state index contributed by atoms with van der Waals surface area (Å²) in [6.07, 6.45) is 1.03. The van der Waals surface area contributed by atoms with E-state index in [1.165, 1.54) is 5.56 Å². The molecule has 0 aliphatic carbocycles. The highest BCUT2D eigenvalue weighted by Crippen LogP contribution is 2.14. The van der Waals surface area contributed by atoms with Gasteiger partial charge in [0.15, 0.2) is 0 Å². The van der Waals surface area contributed by atoms with Crippen molar-refractivity contribution in [2.75, 3.05) is 27.4 Å². The van der Waals surface area contributed by atoms with Gasteiger partial charge in [0.25, 0.3) is 0 Å². The van der Waals surface area contributed by atoms with Crippen LogP contribution in [0.3, 0.4) is 0 Å². The van der Waals surface area contributed by atoms with Gasteiger partial charge >= 0.3 is 0 Å². The van der Waals surface area contributed by atoms with Gasteiger partial charge in [-0.2, -0.15) is 0 Å². The van der Waals surface area contributed by atoms with Crippen LogP contribution >= 0.6 is 0 Å². The van der Waals surface area contributed by atoms with Gasteiger partial charge in [0.1, 0.15) is 5.75 Å². The molecule has 3 nitrogen and oxygen atoms in total. The number of rotatable bonds is 8. The molecule has 0 aromatic heterocycles. The zero-order valence-corrected chi connectivity index (χ0v) is 11.9. The fraction of sp³-hybridized carbons (Fsp3) is 0.600. The van der Waals surface area contributed by atoms with E-state index in [0.29, 0.717) is 12.0 Å². The summed E-state index contributed by atoms with van der Waals surface area (Å²) in [6, 6.07) is 8.78. The molecule has 18 heavy (non-hydrogen) atoms. The van der Waals surface area contributed by atoms with E-state index in [9.17, 15) is 0 Å². The summed E-state index contributed by atoms with van der Waals surface area (Å²) in [4.78, 5) is 0. The lowest BCUT2D eigenvalue weighted by molar-refractivity contribution is 0.149. The van der Waals surface area contributed by atoms with E-state index in [1.54, 1.807) is 14.2 Å². The van der Waals surface area contributed by atoms with Crippen molar-refractivity contribution in [3.05, 3.63) is 29.8 Å². The fourth-order valence-electron chi connectivity index (χ4n) is 1.92. The van der Waals surface area contributed by atoms with Gasteiger partial charge in [0.2, 0.25) is 0 Å². The second-order valence-corrected chi connectivity index (χ2v) is 4.94. The zero-order valence-electron chi connectivity index (χ0n) is 11.9. The van der Waals surface area contributed by atoms with Crippen LogP contribution in [0.15, 0.2) is 24.3 Å². The number of benzene rings is 1. The SMILES string of the molecule is COCC(CNC(C)C)Cc1ccc(OC)cc1. The third kappa shape index (κ3) is 5.52. The molecule has 1 N–H and O–H groups in total. The van der Waals surface area contributed by atoms with Crippen molar-refractivity contribution >= 4 is 0 Å². The molecule has 0 amide bonds. The van der Waals surface area contributed by atoms with Gasteiger partial charge in [-0.1, -0.05) is 26.0 Å². The molecule has 1 unspecified atom stereocenters. The summed E-state index contributed by atoms with van der Waals surface area (Å²) in [6.45, 7) is 6.10. The molecule has 0 saturated carbocycles. The van der Waals surface area contributed by atoms with Gasteiger partial charge < -0.3 is 14.8 Å². The second kappa shape index (κ2) is 8.11. The Labute approximate surface area is 110 Å². The Balaban J connectivity index is 2.52. The maximum Gasteiger partial charge on any atom is 0.118 e. The van der Waals surface area contributed by atoms with E-state index in [4.69, 9.17) is 9.47 Å². The molecule has 1 atom stereocenters. The Bertz CT molecular complexity index is 322. The quantitative estimate of drug-likeness (QED) is 0.770. The molecule has 102 valence electrons. The number of methoxy groups -OCH3 is 2. The summed E-state index contributed by atoms with van der Waals surface area (Å²) < 4.78 is 10.5. The van der Waals surface area contributed by atoms with E-state index >= 15 is 0 Å². The topological polar surface area (TPSA) is 30.5 Å². The summed E-state index contributed by atoms with van der Waals surface area (Å²) in [5.41, 5.74) is 1.32. The highest BCUT2D eigenvalue weighted by atomic mass is 16.5. The van der Waals surface area contributed by atoms with E-state index < -0.39 is 0 Å². The van der Waals surface area contributed by atoms with Gasteiger partial charge in [-0.05, 0) is 30.0 Å². The first-order valence-electron chi connectivity index (χ1n) is 6.51. The number of hydrogen-bond acceptors (Lipinski definition) is 3. The molecule has 0 aliphatic rings. The maximum absolute atomic E-state index is 5.29. The first-order chi connectivity index (χ1) is 8.65. The summed E-state index contributed by atoms with van der Waals surface area (Å²) in [7, 11) is 3.45. The van der Waals surface area contributed by atoms with Crippen molar-refractivity contribution in [1.82, 2.24) is 5.32 Å². The van der Waals surface area contributed by atoms with Gasteiger partial charge in [-0.15, -0.1) is 0 Å². The normalized spacial score (nSPS) is 12.7. The van der Waals surface area contributed by atoms with Crippen molar-refractivity contribution in [2.45, 2.75) is 26.3 Å². The molecular weight excluding hydrogens is 226 g/mol. The molecule has 1 aromatic rings. The zero-order chi connectivity index (χ0) is 13.4. The van der Waals surface area contributed by atoms with Crippen LogP contribution in [-0.2, 0) is 11.2 Å². The van der Waals surface area contributed by atoms with Crippen LogP contribution in [-0.4, -0.2) is 33.4 Å². The van der Waals surface area contributed by atoms with Crippen molar-refractivity contribution in [1.29, 1.82) is 0 Å². The monoisotopic (exact) mass is 251 g/mol. The van der Waals surface area contributed by atoms with Gasteiger partial charge in [-0.25, -0.2) is 0 Å². The van der Waals surface area contributed by atoms with Crippen LogP contribution < -0.4 is 10.1 Å². The predicted molar refractivity (Wildman–Crippen MR) is 75.2 cm³/mol. The second-order valence-electron chi connectivity index (χ2n) is 4.94. The molecule has 0 bridgehead atoms. The van der Waals surface area contributed by atoms with Crippen LogP contribution in [0.2, 0.25) is 0 Å². The summed E-state index contributed by atoms with van der Waals surface area (Å²) in [5.74, 6) is 1.41. The van der Waals surface area contributed by atoms with Crippen molar-refractivity contribution in [3.63, 3.8) is 0 Å². The number of nitrogens with one attached hydrogen (secondary N) is 1. The van der Waals surface area contributed by atoms with Gasteiger partial charge in [0.05, 0.1) is 13.7 Å². The predicted octanol–water partition coefficient (Wildman–Crippen LogP) is 2.50. The lowest BCUT2D eigenvalue weighted by Gasteiger charge is -2.18. The molecule has 3 heteroatoms. The fourth-order valence-corrected chi connectivity index (χ4v) is 1.92. The highest BCUT2D eigenvalue weighted by molar-refractivity contribution is 5.27. The number of hydrogen-bond donors (Lipinski definition) is 1. The molecule has 0 aliphatic heterocycles. The Hall–Kier alpha value is -1.06. The molecule has 1 rings (SSSR count). The Kier molecular flexibility index (Phi) is 6.76. The van der Waals surface area contributed by atoms with Crippen LogP contribution in [0.25, 0.3) is 0 Å². The van der Waals surface area contributed by atoms with Crippen molar-refractivity contribution < 1.29 is 9.47 Å². The van der Waals surface area contributed by atoms with Crippen LogP contribution in [0.4, 0.5) is 0 Å². The highest BCUT2D eigenvalue weighted by Gasteiger charge is 2.10. The molecule has 0 spiro atoms. The van der Waals surface area contributed by atoms with E-state index in [2.05, 4.69) is 31.3 Å². The first kappa shape index (κ1) is 15.0. The Morgan fingerprint density at radius 1 is 1.11 bits per heavy atom. The lowest BCUT2D eigenvalue weighted by atomic mass is 9.99. The Morgan fingerprint density at radius 3 is 2.28 bits per heavy atom. The minimum atomic E-state index is 0.505. The average Bonchev–Trinajstić information content (AvgIpc) is 2.37. The van der Waals surface area contributed by atoms with Gasteiger partial charge in [0, 0.05) is 19.7 Å². The first-order valence-corrected chi connectivity index (χ1v) is 6.51. The van der Waals surface area contributed by atoms with E-state index in [0.717, 1.165) is 25.3 Å². The molecule has 0 radical (unpaired) electrons. The minimum Gasteiger partial charge on any atom is -0.497 e. The summed E-state index contributed by atoms with van der Waals surface area (Å²) >= 11 is 0. The van der Waals surface area contributed by atoms with Crippen LogP contribution in [0.5, 0.6) is 5.75 Å². The molecule has 0 heterocycles. The molecular formula is C15H25NO2. The van der Waals surface area contributed by atoms with Crippen molar-refractivity contribution in [3.8, 4) is 5.75 Å². The largest absolute Gasteiger partial charge is 0.497 e. The minimum absolute atomic E-state index is 0.505. The third-order valence-electron chi connectivity index (χ3n) is 2.90. The van der Waals surface area contributed by atoms with E-state index in [1.807, 2.05) is 12.1 Å². The average molecular weight is 251 g/mol. The Morgan fingerprint density at radius 2 is 1.78 bits per heavy atom. The summed E-state index contributed by atoms with van der Waals surface area (Å²) in [5, 5.41) is 3.47. The standard InChI is InChI=1S/C15H25NO2/c1-12(2)16-10-14(11-17-3)9-13-5-7-15(18-4)8-6-13/h5-8,12,14,16H,9-11H2,1-4H3. The molecule has 0 saturated heterocycles. The molecule has 0 fully saturated rings. The lowest BCUT2D eigenvalue weighted by Crippen LogP contribution is -2.32.